The van der Waals surface area contributed by atoms with Crippen molar-refractivity contribution in [1.29, 1.82) is 0 Å². The van der Waals surface area contributed by atoms with Gasteiger partial charge in [0.05, 0.1) is 10.6 Å². The number of benzene rings is 2. The van der Waals surface area contributed by atoms with E-state index in [1.165, 1.54) is 24.5 Å². The molecule has 5 nitrogen and oxygen atoms in total. The summed E-state index contributed by atoms with van der Waals surface area (Å²) in [6.45, 7) is 0.274. The third-order valence-electron chi connectivity index (χ3n) is 4.49. The van der Waals surface area contributed by atoms with Gasteiger partial charge < -0.3 is 15.4 Å². The van der Waals surface area contributed by atoms with E-state index in [4.69, 9.17) is 10.5 Å². The van der Waals surface area contributed by atoms with Crippen molar-refractivity contribution in [2.24, 2.45) is 5.73 Å². The highest BCUT2D eigenvalue weighted by Crippen LogP contribution is 2.43. The summed E-state index contributed by atoms with van der Waals surface area (Å²) in [5.74, 6) is -1.94. The van der Waals surface area contributed by atoms with Crippen molar-refractivity contribution in [3.05, 3.63) is 70.1 Å². The third kappa shape index (κ3) is 3.01. The molecule has 28 heavy (non-hydrogen) atoms. The van der Waals surface area contributed by atoms with Gasteiger partial charge in [-0.2, -0.15) is 0 Å². The van der Waals surface area contributed by atoms with Gasteiger partial charge in [0, 0.05) is 34.7 Å². The molecular weight excluding hydrogens is 386 g/mol. The van der Waals surface area contributed by atoms with Gasteiger partial charge in [0.1, 0.15) is 24.0 Å². The maximum atomic E-state index is 14.0. The van der Waals surface area contributed by atoms with Crippen LogP contribution in [0.15, 0.2) is 42.5 Å². The zero-order valence-electron chi connectivity index (χ0n) is 14.7. The quantitative estimate of drug-likeness (QED) is 0.723. The Morgan fingerprint density at radius 1 is 1.14 bits per heavy atom. The van der Waals surface area contributed by atoms with E-state index in [-0.39, 0.29) is 12.3 Å². The number of anilines is 1. The lowest BCUT2D eigenvalue weighted by molar-refractivity contribution is 0.0990. The van der Waals surface area contributed by atoms with Crippen molar-refractivity contribution in [3.63, 3.8) is 0 Å². The number of nitrogens with zero attached hydrogens (tertiary/aromatic N) is 1. The summed E-state index contributed by atoms with van der Waals surface area (Å²) in [5.41, 5.74) is 7.13. The number of hydrogen-bond acceptors (Lipinski definition) is 4. The molecule has 3 aromatic rings. The number of primary amides is 1. The van der Waals surface area contributed by atoms with Crippen molar-refractivity contribution in [3.8, 4) is 16.2 Å². The molecular formula is C20H14F2N2O3S. The predicted octanol–water partition coefficient (Wildman–Crippen LogP) is 3.96. The Hall–Kier alpha value is -3.26. The molecule has 2 aromatic carbocycles. The molecule has 142 valence electrons. The maximum Gasteiger partial charge on any atom is 0.268 e. The first-order valence-corrected chi connectivity index (χ1v) is 9.09. The van der Waals surface area contributed by atoms with Gasteiger partial charge in [0.2, 0.25) is 5.91 Å². The Labute approximate surface area is 163 Å². The van der Waals surface area contributed by atoms with Crippen molar-refractivity contribution in [1.82, 2.24) is 0 Å². The van der Waals surface area contributed by atoms with Crippen molar-refractivity contribution in [2.45, 2.75) is 6.61 Å². The molecule has 1 aliphatic heterocycles. The van der Waals surface area contributed by atoms with Crippen LogP contribution in [0.25, 0.3) is 10.4 Å². The molecule has 0 unspecified atom stereocenters. The molecule has 2 heterocycles. The first kappa shape index (κ1) is 18.1. The number of carbonyl (C=O) groups is 2. The number of fused-ring (bicyclic) bond motifs is 3. The van der Waals surface area contributed by atoms with E-state index in [9.17, 15) is 18.4 Å². The summed E-state index contributed by atoms with van der Waals surface area (Å²) >= 11 is 1.22. The fourth-order valence-corrected chi connectivity index (χ4v) is 4.20. The van der Waals surface area contributed by atoms with Crippen LogP contribution in [0.5, 0.6) is 5.75 Å². The largest absolute Gasteiger partial charge is 0.488 e. The van der Waals surface area contributed by atoms with Gasteiger partial charge in [-0.1, -0.05) is 0 Å². The summed E-state index contributed by atoms with van der Waals surface area (Å²) in [4.78, 5) is 26.6. The minimum absolute atomic E-state index is 0.0227. The topological polar surface area (TPSA) is 72.6 Å². The molecule has 0 fully saturated rings. The highest BCUT2D eigenvalue weighted by Gasteiger charge is 2.26. The number of carbonyl (C=O) groups excluding carboxylic acids is 2. The average molecular weight is 400 g/mol. The van der Waals surface area contributed by atoms with Gasteiger partial charge in [0.25, 0.3) is 5.91 Å². The molecule has 0 radical (unpaired) electrons. The number of thiophene rings is 1. The highest BCUT2D eigenvalue weighted by molar-refractivity contribution is 7.17. The molecule has 2 amide bonds. The van der Waals surface area contributed by atoms with Gasteiger partial charge in [-0.15, -0.1) is 11.3 Å². The van der Waals surface area contributed by atoms with Gasteiger partial charge in [-0.3, -0.25) is 9.59 Å². The van der Waals surface area contributed by atoms with E-state index in [0.29, 0.717) is 21.8 Å². The number of hydrogen-bond donors (Lipinski definition) is 1. The minimum Gasteiger partial charge on any atom is -0.488 e. The number of halogens is 2. The van der Waals surface area contributed by atoms with Crippen molar-refractivity contribution >= 4 is 28.8 Å². The Kier molecular flexibility index (Phi) is 4.35. The normalized spacial score (nSPS) is 12.0. The average Bonchev–Trinajstić information content (AvgIpc) is 3.11. The summed E-state index contributed by atoms with van der Waals surface area (Å²) < 4.78 is 32.8. The van der Waals surface area contributed by atoms with Gasteiger partial charge in [-0.05, 0) is 36.4 Å². The first-order chi connectivity index (χ1) is 13.3. The summed E-state index contributed by atoms with van der Waals surface area (Å²) in [5, 5.41) is 0. The third-order valence-corrected chi connectivity index (χ3v) is 5.69. The molecule has 0 aliphatic carbocycles. The van der Waals surface area contributed by atoms with E-state index < -0.39 is 23.4 Å². The van der Waals surface area contributed by atoms with Crippen LogP contribution < -0.4 is 15.4 Å². The van der Waals surface area contributed by atoms with Gasteiger partial charge in [0.15, 0.2) is 0 Å². The molecule has 1 aliphatic rings. The molecule has 0 saturated carbocycles. The lowest BCUT2D eigenvalue weighted by Crippen LogP contribution is -2.26. The van der Waals surface area contributed by atoms with Crippen LogP contribution in [0, 0.1) is 11.6 Å². The molecule has 0 bridgehead atoms. The Morgan fingerprint density at radius 3 is 2.64 bits per heavy atom. The van der Waals surface area contributed by atoms with Crippen LogP contribution in [0.4, 0.5) is 14.5 Å². The number of rotatable bonds is 3. The van der Waals surface area contributed by atoms with Crippen LogP contribution in [0.3, 0.4) is 0 Å². The molecule has 0 saturated heterocycles. The highest BCUT2D eigenvalue weighted by atomic mass is 32.1. The zero-order valence-corrected chi connectivity index (χ0v) is 15.5. The molecule has 4 rings (SSSR count). The Morgan fingerprint density at radius 2 is 1.93 bits per heavy atom. The van der Waals surface area contributed by atoms with E-state index >= 15 is 0 Å². The fraction of sp³-hybridized carbons (Fsp3) is 0.100. The van der Waals surface area contributed by atoms with E-state index in [1.807, 2.05) is 0 Å². The lowest BCUT2D eigenvalue weighted by atomic mass is 10.0. The van der Waals surface area contributed by atoms with Crippen LogP contribution in [0.2, 0.25) is 0 Å². The van der Waals surface area contributed by atoms with E-state index in [0.717, 1.165) is 27.5 Å². The first-order valence-electron chi connectivity index (χ1n) is 8.28. The predicted molar refractivity (Wildman–Crippen MR) is 102 cm³/mol. The maximum absolute atomic E-state index is 14.0. The van der Waals surface area contributed by atoms with E-state index in [1.54, 1.807) is 24.3 Å². The molecule has 1 aromatic heterocycles. The number of nitrogens with two attached hydrogens (primary N) is 1. The lowest BCUT2D eigenvalue weighted by Gasteiger charge is -2.17. The second-order valence-electron chi connectivity index (χ2n) is 6.29. The minimum atomic E-state index is -0.822. The van der Waals surface area contributed by atoms with Gasteiger partial charge in [-0.25, -0.2) is 8.78 Å². The Bertz CT molecular complexity index is 1130. The SMILES string of the molecule is CN(C(=O)c1cc2c(s1)-c1cc(C(N)=O)ccc1OC2)c1ccc(F)cc1F. The summed E-state index contributed by atoms with van der Waals surface area (Å²) in [6, 6.07) is 9.60. The Balaban J connectivity index is 1.71. The van der Waals surface area contributed by atoms with Crippen molar-refractivity contribution in [2.75, 3.05) is 11.9 Å². The standard InChI is InChI=1S/C20H14F2N2O3S/c1-24(15-4-3-12(21)8-14(15)22)20(26)17-7-11-9-27-16-5-2-10(19(23)25)6-13(16)18(11)28-17/h2-8H,9H2,1H3,(H2,23,25). The van der Waals surface area contributed by atoms with Crippen LogP contribution in [0.1, 0.15) is 25.6 Å². The summed E-state index contributed by atoms with van der Waals surface area (Å²) in [7, 11) is 1.42. The second-order valence-corrected chi connectivity index (χ2v) is 7.34. The molecule has 2 N–H and O–H groups in total. The number of amides is 2. The van der Waals surface area contributed by atoms with Gasteiger partial charge >= 0.3 is 0 Å². The van der Waals surface area contributed by atoms with Crippen molar-refractivity contribution < 1.29 is 23.1 Å². The zero-order chi connectivity index (χ0) is 20.0. The van der Waals surface area contributed by atoms with Crippen LogP contribution in [-0.2, 0) is 6.61 Å². The molecule has 0 atom stereocenters. The molecule has 8 heteroatoms. The molecule has 0 spiro atoms. The van der Waals surface area contributed by atoms with Crippen LogP contribution >= 0.6 is 11.3 Å². The number of ether oxygens (including phenoxy) is 1. The summed E-state index contributed by atoms with van der Waals surface area (Å²) in [6.07, 6.45) is 0. The monoisotopic (exact) mass is 400 g/mol. The van der Waals surface area contributed by atoms with Crippen LogP contribution in [-0.4, -0.2) is 18.9 Å². The smallest absolute Gasteiger partial charge is 0.268 e. The fourth-order valence-electron chi connectivity index (χ4n) is 3.04. The second kappa shape index (κ2) is 6.72. The van der Waals surface area contributed by atoms with E-state index in [2.05, 4.69) is 0 Å².